The summed E-state index contributed by atoms with van der Waals surface area (Å²) in [5, 5.41) is 0. The third-order valence-electron chi connectivity index (χ3n) is 3.66. The molecule has 0 bridgehead atoms. The van der Waals surface area contributed by atoms with Crippen LogP contribution in [0.15, 0.2) is 0 Å². The fraction of sp³-hybridized carbons (Fsp3) is 0.750. The zero-order valence-corrected chi connectivity index (χ0v) is 14.2. The molecule has 0 spiro atoms. The monoisotopic (exact) mass is 429 g/mol. The van der Waals surface area contributed by atoms with Crippen molar-refractivity contribution in [2.24, 2.45) is 0 Å². The number of amides is 2. The maximum absolute atomic E-state index is 13.1. The summed E-state index contributed by atoms with van der Waals surface area (Å²) in [6.45, 7) is 0.898. The summed E-state index contributed by atoms with van der Waals surface area (Å²) in [6, 6.07) is -1.34. The molecule has 1 unspecified atom stereocenters. The quantitative estimate of drug-likeness (QED) is 0.397. The number of likely N-dealkylation sites (tertiary alicyclic amines) is 1. The van der Waals surface area contributed by atoms with Crippen LogP contribution in [0.25, 0.3) is 0 Å². The van der Waals surface area contributed by atoms with Crippen LogP contribution in [0, 0.1) is 0 Å². The Bertz CT molecular complexity index is 716. The van der Waals surface area contributed by atoms with Gasteiger partial charge in [-0.15, -0.1) is 0 Å². The molecule has 1 aliphatic rings. The van der Waals surface area contributed by atoms with Crippen LogP contribution in [-0.2, 0) is 29.2 Å². The van der Waals surface area contributed by atoms with Crippen LogP contribution in [0.3, 0.4) is 0 Å². The van der Waals surface area contributed by atoms with Gasteiger partial charge in [-0.1, -0.05) is 0 Å². The molecule has 1 saturated heterocycles. The second-order valence-corrected chi connectivity index (χ2v) is 7.15. The van der Waals surface area contributed by atoms with Gasteiger partial charge in [-0.3, -0.25) is 23.8 Å². The predicted octanol–water partition coefficient (Wildman–Crippen LogP) is 1.21. The molecule has 0 aromatic carbocycles. The second-order valence-electron chi connectivity index (χ2n) is 5.70. The van der Waals surface area contributed by atoms with Crippen molar-refractivity contribution in [1.82, 2.24) is 4.90 Å². The fourth-order valence-corrected chi connectivity index (χ4v) is 3.42. The van der Waals surface area contributed by atoms with Crippen molar-refractivity contribution in [2.45, 2.75) is 50.2 Å². The third-order valence-corrected chi connectivity index (χ3v) is 4.43. The van der Waals surface area contributed by atoms with E-state index < -0.39 is 64.1 Å². The summed E-state index contributed by atoms with van der Waals surface area (Å²) in [6.07, 6.45) is -14.6. The summed E-state index contributed by atoms with van der Waals surface area (Å²) in [4.78, 5) is 35.0. The molecule has 2 amide bonds. The molecular formula is C12H13F6NO7S. The van der Waals surface area contributed by atoms with E-state index in [0.717, 1.165) is 6.92 Å². The van der Waals surface area contributed by atoms with Gasteiger partial charge in [-0.05, 0) is 6.42 Å². The highest BCUT2D eigenvalue weighted by molar-refractivity contribution is 7.85. The number of carbonyl (C=O) groups is 3. The van der Waals surface area contributed by atoms with Gasteiger partial charge in [0.1, 0.15) is 5.75 Å². The fourth-order valence-electron chi connectivity index (χ4n) is 2.52. The Hall–Kier alpha value is -1.90. The Balaban J connectivity index is 3.21. The molecule has 1 atom stereocenters. The minimum atomic E-state index is -6.44. The lowest BCUT2D eigenvalue weighted by Crippen LogP contribution is -2.63. The van der Waals surface area contributed by atoms with Crippen LogP contribution in [0.4, 0.5) is 26.3 Å². The number of hydrogen-bond acceptors (Lipinski definition) is 6. The Morgan fingerprint density at radius 1 is 1.19 bits per heavy atom. The smallest absolute Gasteiger partial charge is 0.438 e. The van der Waals surface area contributed by atoms with Gasteiger partial charge in [0, 0.05) is 13.3 Å². The van der Waals surface area contributed by atoms with Crippen molar-refractivity contribution in [3.05, 3.63) is 0 Å². The number of carbonyl (C=O) groups excluding carboxylic acids is 3. The topological polar surface area (TPSA) is 118 Å². The van der Waals surface area contributed by atoms with E-state index in [9.17, 15) is 49.1 Å². The molecule has 0 aliphatic carbocycles. The van der Waals surface area contributed by atoms with E-state index in [1.54, 1.807) is 0 Å². The average molecular weight is 429 g/mol. The molecule has 1 fully saturated rings. The molecule has 156 valence electrons. The lowest BCUT2D eigenvalue weighted by molar-refractivity contribution is -0.361. The standard InChI is InChI=1S/C12H13F6NO7S/c1-6(20)19-7(2-3-8(19)21)4-9(22)26-10(11(13,14)15,12(16,17)18)5-27(23,24)25/h7H,2-5H2,1H3,(H,23,24,25). The molecule has 1 heterocycles. The van der Waals surface area contributed by atoms with Crippen molar-refractivity contribution >= 4 is 27.9 Å². The number of hydrogen-bond donors (Lipinski definition) is 1. The van der Waals surface area contributed by atoms with Crippen LogP contribution in [0.1, 0.15) is 26.2 Å². The molecule has 27 heavy (non-hydrogen) atoms. The number of halogens is 6. The van der Waals surface area contributed by atoms with Gasteiger partial charge >= 0.3 is 23.9 Å². The minimum absolute atomic E-state index is 0.211. The van der Waals surface area contributed by atoms with Crippen LogP contribution in [0.5, 0.6) is 0 Å². The molecule has 1 N–H and O–H groups in total. The summed E-state index contributed by atoms with van der Waals surface area (Å²) >= 11 is 0. The van der Waals surface area contributed by atoms with E-state index in [-0.39, 0.29) is 12.8 Å². The first-order valence-electron chi connectivity index (χ1n) is 7.04. The molecule has 0 aromatic rings. The van der Waals surface area contributed by atoms with Crippen LogP contribution in [0.2, 0.25) is 0 Å². The Morgan fingerprint density at radius 3 is 2.04 bits per heavy atom. The van der Waals surface area contributed by atoms with Crippen molar-refractivity contribution in [1.29, 1.82) is 0 Å². The van der Waals surface area contributed by atoms with Crippen molar-refractivity contribution in [3.8, 4) is 0 Å². The van der Waals surface area contributed by atoms with Crippen molar-refractivity contribution < 1.29 is 58.4 Å². The third kappa shape index (κ3) is 5.09. The highest BCUT2D eigenvalue weighted by Crippen LogP contribution is 2.47. The SMILES string of the molecule is CC(=O)N1C(=O)CCC1CC(=O)OC(CS(=O)(=O)O)(C(F)(F)F)C(F)(F)F. The zero-order valence-electron chi connectivity index (χ0n) is 13.4. The summed E-state index contributed by atoms with van der Waals surface area (Å²) in [5.41, 5.74) is -5.52. The lowest BCUT2D eigenvalue weighted by atomic mass is 10.0. The van der Waals surface area contributed by atoms with Crippen molar-refractivity contribution in [3.63, 3.8) is 0 Å². The van der Waals surface area contributed by atoms with Gasteiger partial charge in [0.25, 0.3) is 10.1 Å². The summed E-state index contributed by atoms with van der Waals surface area (Å²) in [5.74, 6) is -6.82. The highest BCUT2D eigenvalue weighted by atomic mass is 32.2. The number of rotatable bonds is 5. The van der Waals surface area contributed by atoms with Gasteiger partial charge in [-0.25, -0.2) is 0 Å². The van der Waals surface area contributed by atoms with Gasteiger partial charge in [0.2, 0.25) is 11.8 Å². The van der Waals surface area contributed by atoms with Gasteiger partial charge < -0.3 is 4.74 Å². The predicted molar refractivity (Wildman–Crippen MR) is 72.5 cm³/mol. The van der Waals surface area contributed by atoms with Gasteiger partial charge in [0.05, 0.1) is 12.5 Å². The molecule has 1 aliphatic heterocycles. The molecule has 0 radical (unpaired) electrons. The Morgan fingerprint density at radius 2 is 1.67 bits per heavy atom. The Kier molecular flexibility index (Phi) is 6.22. The van der Waals surface area contributed by atoms with Gasteiger partial charge in [0.15, 0.2) is 0 Å². The minimum Gasteiger partial charge on any atom is -0.438 e. The second kappa shape index (κ2) is 7.26. The maximum Gasteiger partial charge on any atom is 0.438 e. The van der Waals surface area contributed by atoms with E-state index in [1.807, 2.05) is 0 Å². The number of esters is 1. The first kappa shape index (κ1) is 23.1. The maximum atomic E-state index is 13.1. The molecule has 0 saturated carbocycles. The summed E-state index contributed by atoms with van der Waals surface area (Å²) < 4.78 is 112. The lowest BCUT2D eigenvalue weighted by Gasteiger charge is -2.35. The Labute approximate surface area is 148 Å². The summed E-state index contributed by atoms with van der Waals surface area (Å²) in [7, 11) is -5.89. The van der Waals surface area contributed by atoms with Crippen LogP contribution < -0.4 is 0 Å². The van der Waals surface area contributed by atoms with E-state index in [1.165, 1.54) is 0 Å². The molecular weight excluding hydrogens is 416 g/mol. The van der Waals surface area contributed by atoms with E-state index in [2.05, 4.69) is 4.74 Å². The molecule has 1 rings (SSSR count). The van der Waals surface area contributed by atoms with Gasteiger partial charge in [-0.2, -0.15) is 34.8 Å². The van der Waals surface area contributed by atoms with E-state index in [0.29, 0.717) is 4.90 Å². The first-order chi connectivity index (χ1) is 11.9. The zero-order chi connectivity index (χ0) is 21.4. The van der Waals surface area contributed by atoms with Crippen LogP contribution in [-0.4, -0.2) is 65.4 Å². The number of alkyl halides is 6. The number of nitrogens with zero attached hydrogens (tertiary/aromatic N) is 1. The van der Waals surface area contributed by atoms with E-state index >= 15 is 0 Å². The average Bonchev–Trinajstić information content (AvgIpc) is 2.74. The number of imide groups is 1. The highest BCUT2D eigenvalue weighted by Gasteiger charge is 2.76. The van der Waals surface area contributed by atoms with Crippen molar-refractivity contribution in [2.75, 3.05) is 5.75 Å². The van der Waals surface area contributed by atoms with E-state index in [4.69, 9.17) is 4.55 Å². The number of ether oxygens (including phenoxy) is 1. The first-order valence-corrected chi connectivity index (χ1v) is 8.65. The molecule has 15 heteroatoms. The van der Waals surface area contributed by atoms with Crippen LogP contribution >= 0.6 is 0 Å². The normalized spacial score (nSPS) is 19.3. The molecule has 8 nitrogen and oxygen atoms in total. The molecule has 0 aromatic heterocycles. The largest absolute Gasteiger partial charge is 0.438 e.